The van der Waals surface area contributed by atoms with Gasteiger partial charge in [-0.3, -0.25) is 9.78 Å². The van der Waals surface area contributed by atoms with Crippen LogP contribution in [-0.2, 0) is 16.8 Å². The molecule has 0 radical (unpaired) electrons. The molecule has 3 rings (SSSR count). The Labute approximate surface area is 144 Å². The lowest BCUT2D eigenvalue weighted by Crippen LogP contribution is -2.39. The monoisotopic (exact) mass is 340 g/mol. The zero-order chi connectivity index (χ0) is 17.9. The summed E-state index contributed by atoms with van der Waals surface area (Å²) >= 11 is 0. The van der Waals surface area contributed by atoms with E-state index in [0.717, 1.165) is 0 Å². The highest BCUT2D eigenvalue weighted by molar-refractivity contribution is 5.87. The van der Waals surface area contributed by atoms with E-state index >= 15 is 0 Å². The molecular weight excluding hydrogens is 323 g/mol. The van der Waals surface area contributed by atoms with Gasteiger partial charge in [-0.05, 0) is 43.7 Å². The second kappa shape index (κ2) is 6.80. The summed E-state index contributed by atoms with van der Waals surface area (Å²) in [6, 6.07) is 11.4. The van der Waals surface area contributed by atoms with E-state index in [-0.39, 0.29) is 24.2 Å². The molecule has 0 saturated carbocycles. The molecule has 25 heavy (non-hydrogen) atoms. The molecular formula is C18H17FN4O2. The summed E-state index contributed by atoms with van der Waals surface area (Å²) in [5.41, 5.74) is 0.278. The van der Waals surface area contributed by atoms with E-state index in [1.165, 1.54) is 12.1 Å². The van der Waals surface area contributed by atoms with E-state index in [1.807, 2.05) is 6.07 Å². The van der Waals surface area contributed by atoms with Gasteiger partial charge in [-0.15, -0.1) is 0 Å². The molecule has 0 bridgehead atoms. The van der Waals surface area contributed by atoms with Crippen molar-refractivity contribution in [2.75, 3.05) is 0 Å². The topological polar surface area (TPSA) is 80.9 Å². The zero-order valence-corrected chi connectivity index (χ0v) is 13.9. The fourth-order valence-electron chi connectivity index (χ4n) is 2.31. The number of nitrogens with one attached hydrogen (secondary N) is 1. The number of carbonyl (C=O) groups is 1. The summed E-state index contributed by atoms with van der Waals surface area (Å²) in [6.45, 7) is 3.53. The number of nitrogens with zero attached hydrogens (tertiary/aromatic N) is 3. The minimum absolute atomic E-state index is 0.0808. The molecule has 3 aromatic rings. The third kappa shape index (κ3) is 3.71. The zero-order valence-electron chi connectivity index (χ0n) is 13.9. The van der Waals surface area contributed by atoms with Gasteiger partial charge in [0.1, 0.15) is 11.5 Å². The van der Waals surface area contributed by atoms with Crippen LogP contribution < -0.4 is 5.32 Å². The number of benzene rings is 1. The van der Waals surface area contributed by atoms with Gasteiger partial charge in [-0.25, -0.2) is 4.39 Å². The van der Waals surface area contributed by atoms with Crippen molar-refractivity contribution in [1.82, 2.24) is 20.4 Å². The normalized spacial score (nSPS) is 11.3. The van der Waals surface area contributed by atoms with Gasteiger partial charge < -0.3 is 9.84 Å². The van der Waals surface area contributed by atoms with Crippen molar-refractivity contribution in [3.05, 3.63) is 65.9 Å². The molecule has 7 heteroatoms. The maximum absolute atomic E-state index is 13.4. The second-order valence-corrected chi connectivity index (χ2v) is 6.04. The van der Waals surface area contributed by atoms with Crippen LogP contribution in [0.25, 0.3) is 11.5 Å². The van der Waals surface area contributed by atoms with Crippen LogP contribution in [0.2, 0.25) is 0 Å². The van der Waals surface area contributed by atoms with Crippen LogP contribution in [-0.4, -0.2) is 21.0 Å². The highest BCUT2D eigenvalue weighted by Crippen LogP contribution is 2.24. The first-order valence-corrected chi connectivity index (χ1v) is 7.75. The summed E-state index contributed by atoms with van der Waals surface area (Å²) < 4.78 is 18.5. The van der Waals surface area contributed by atoms with E-state index in [0.29, 0.717) is 17.1 Å². The third-order valence-corrected chi connectivity index (χ3v) is 3.88. The lowest BCUT2D eigenvalue weighted by atomic mass is 9.83. The maximum Gasteiger partial charge on any atom is 0.246 e. The van der Waals surface area contributed by atoms with Gasteiger partial charge in [0.15, 0.2) is 0 Å². The van der Waals surface area contributed by atoms with Crippen molar-refractivity contribution in [2.45, 2.75) is 25.8 Å². The predicted octanol–water partition coefficient (Wildman–Crippen LogP) is 2.86. The molecule has 6 nitrogen and oxygen atoms in total. The lowest BCUT2D eigenvalue weighted by molar-refractivity contribution is -0.125. The average Bonchev–Trinajstić information content (AvgIpc) is 3.09. The van der Waals surface area contributed by atoms with E-state index in [4.69, 9.17) is 4.52 Å². The molecule has 1 amide bonds. The van der Waals surface area contributed by atoms with Crippen molar-refractivity contribution in [2.24, 2.45) is 0 Å². The fraction of sp³-hybridized carbons (Fsp3) is 0.222. The number of hydrogen-bond acceptors (Lipinski definition) is 5. The molecule has 0 unspecified atom stereocenters. The molecule has 128 valence electrons. The SMILES string of the molecule is CC(C)(C(=O)NCc1nc(-c2ccccn2)no1)c1cccc(F)c1. The summed E-state index contributed by atoms with van der Waals surface area (Å²) in [5, 5.41) is 6.59. The number of pyridine rings is 1. The van der Waals surface area contributed by atoms with Gasteiger partial charge >= 0.3 is 0 Å². The number of amides is 1. The van der Waals surface area contributed by atoms with Crippen LogP contribution in [0.5, 0.6) is 0 Å². The second-order valence-electron chi connectivity index (χ2n) is 6.04. The Bertz CT molecular complexity index is 878. The van der Waals surface area contributed by atoms with E-state index in [9.17, 15) is 9.18 Å². The van der Waals surface area contributed by atoms with Crippen molar-refractivity contribution >= 4 is 5.91 Å². The molecule has 0 aliphatic rings. The Hall–Kier alpha value is -3.09. The van der Waals surface area contributed by atoms with E-state index in [2.05, 4.69) is 20.4 Å². The minimum atomic E-state index is -0.897. The molecule has 1 N–H and O–H groups in total. The highest BCUT2D eigenvalue weighted by Gasteiger charge is 2.30. The molecule has 0 spiro atoms. The number of aromatic nitrogens is 3. The summed E-state index contributed by atoms with van der Waals surface area (Å²) in [7, 11) is 0. The number of hydrogen-bond donors (Lipinski definition) is 1. The van der Waals surface area contributed by atoms with Crippen LogP contribution in [0.3, 0.4) is 0 Å². The van der Waals surface area contributed by atoms with Gasteiger partial charge in [-0.2, -0.15) is 4.98 Å². The van der Waals surface area contributed by atoms with Crippen molar-refractivity contribution < 1.29 is 13.7 Å². The first-order chi connectivity index (χ1) is 12.0. The first kappa shape index (κ1) is 16.8. The summed E-state index contributed by atoms with van der Waals surface area (Å²) in [5.74, 6) is -0.0238. The van der Waals surface area contributed by atoms with Crippen molar-refractivity contribution in [1.29, 1.82) is 0 Å². The van der Waals surface area contributed by atoms with Crippen molar-refractivity contribution in [3.8, 4) is 11.5 Å². The van der Waals surface area contributed by atoms with Gasteiger partial charge in [0.2, 0.25) is 17.6 Å². The number of rotatable bonds is 5. The Morgan fingerprint density at radius 3 is 2.80 bits per heavy atom. The van der Waals surface area contributed by atoms with Crippen LogP contribution in [0.4, 0.5) is 4.39 Å². The average molecular weight is 340 g/mol. The first-order valence-electron chi connectivity index (χ1n) is 7.75. The molecule has 0 fully saturated rings. The molecule has 0 aliphatic carbocycles. The van der Waals surface area contributed by atoms with E-state index < -0.39 is 5.41 Å². The molecule has 2 heterocycles. The van der Waals surface area contributed by atoms with Crippen LogP contribution in [0.1, 0.15) is 25.3 Å². The van der Waals surface area contributed by atoms with Gasteiger partial charge in [-0.1, -0.05) is 23.4 Å². The molecule has 1 aromatic carbocycles. The lowest BCUT2D eigenvalue weighted by Gasteiger charge is -2.23. The van der Waals surface area contributed by atoms with Crippen LogP contribution in [0, 0.1) is 5.82 Å². The molecule has 0 aliphatic heterocycles. The largest absolute Gasteiger partial charge is 0.346 e. The third-order valence-electron chi connectivity index (χ3n) is 3.88. The van der Waals surface area contributed by atoms with Gasteiger partial charge in [0.05, 0.1) is 12.0 Å². The Balaban J connectivity index is 1.67. The summed E-state index contributed by atoms with van der Waals surface area (Å²) in [6.07, 6.45) is 1.63. The standard InChI is InChI=1S/C18H17FN4O2/c1-18(2,12-6-5-7-13(19)10-12)17(24)21-11-15-22-16(23-25-15)14-8-3-4-9-20-14/h3-10H,11H2,1-2H3,(H,21,24). The van der Waals surface area contributed by atoms with Gasteiger partial charge in [0.25, 0.3) is 0 Å². The molecule has 0 saturated heterocycles. The van der Waals surface area contributed by atoms with Crippen molar-refractivity contribution in [3.63, 3.8) is 0 Å². The predicted molar refractivity (Wildman–Crippen MR) is 88.8 cm³/mol. The quantitative estimate of drug-likeness (QED) is 0.772. The highest BCUT2D eigenvalue weighted by atomic mass is 19.1. The molecule has 0 atom stereocenters. The van der Waals surface area contributed by atoms with Crippen LogP contribution in [0.15, 0.2) is 53.2 Å². The van der Waals surface area contributed by atoms with Crippen LogP contribution >= 0.6 is 0 Å². The maximum atomic E-state index is 13.4. The van der Waals surface area contributed by atoms with E-state index in [1.54, 1.807) is 44.3 Å². The Morgan fingerprint density at radius 2 is 2.08 bits per heavy atom. The summed E-state index contributed by atoms with van der Waals surface area (Å²) in [4.78, 5) is 20.8. The minimum Gasteiger partial charge on any atom is -0.346 e. The fourth-order valence-corrected chi connectivity index (χ4v) is 2.31. The Morgan fingerprint density at radius 1 is 1.24 bits per heavy atom. The number of halogens is 1. The number of carbonyl (C=O) groups excluding carboxylic acids is 1. The van der Waals surface area contributed by atoms with Gasteiger partial charge in [0, 0.05) is 6.20 Å². The smallest absolute Gasteiger partial charge is 0.246 e. The Kier molecular flexibility index (Phi) is 4.56. The molecule has 2 aromatic heterocycles.